The predicted molar refractivity (Wildman–Crippen MR) is 200 cm³/mol. The Hall–Kier alpha value is -5.57. The van der Waals surface area contributed by atoms with Crippen LogP contribution in [0.3, 0.4) is 0 Å². The Morgan fingerprint density at radius 2 is 1.62 bits per heavy atom. The number of piperazine rings is 1. The van der Waals surface area contributed by atoms with Crippen molar-refractivity contribution in [2.75, 3.05) is 55.6 Å². The number of alkyl carbamates (subject to hydrolysis) is 1. The van der Waals surface area contributed by atoms with Crippen LogP contribution in [-0.2, 0) is 9.53 Å². The van der Waals surface area contributed by atoms with Crippen LogP contribution >= 0.6 is 11.6 Å². The van der Waals surface area contributed by atoms with Crippen molar-refractivity contribution >= 4 is 51.9 Å². The maximum Gasteiger partial charge on any atom is 0.408 e. The van der Waals surface area contributed by atoms with Gasteiger partial charge in [0.2, 0.25) is 5.91 Å². The zero-order chi connectivity index (χ0) is 38.6. The van der Waals surface area contributed by atoms with Crippen molar-refractivity contribution in [1.82, 2.24) is 19.9 Å². The Kier molecular flexibility index (Phi) is 11.7. The third-order valence-corrected chi connectivity index (χ3v) is 8.74. The van der Waals surface area contributed by atoms with E-state index in [-0.39, 0.29) is 43.3 Å². The lowest BCUT2D eigenvalue weighted by atomic mass is 10.1. The molecule has 53 heavy (non-hydrogen) atoms. The largest absolute Gasteiger partial charge is 0.497 e. The van der Waals surface area contributed by atoms with Crippen LogP contribution in [0.5, 0.6) is 11.5 Å². The maximum atomic E-state index is 14.4. The van der Waals surface area contributed by atoms with Crippen molar-refractivity contribution < 1.29 is 33.0 Å². The van der Waals surface area contributed by atoms with Gasteiger partial charge in [0.15, 0.2) is 5.82 Å². The monoisotopic (exact) mass is 751 g/mol. The molecule has 5 rings (SSSR count). The summed E-state index contributed by atoms with van der Waals surface area (Å²) in [6, 6.07) is 12.6. The highest BCUT2D eigenvalue weighted by atomic mass is 35.5. The molecule has 1 aliphatic rings. The van der Waals surface area contributed by atoms with Crippen molar-refractivity contribution in [2.45, 2.75) is 52.3 Å². The molecule has 282 valence electrons. The van der Waals surface area contributed by atoms with Crippen LogP contribution in [0, 0.1) is 5.82 Å². The van der Waals surface area contributed by atoms with Gasteiger partial charge in [-0.3, -0.25) is 14.5 Å². The molecular formula is C37H43ClFN7O7. The smallest absolute Gasteiger partial charge is 0.408 e. The summed E-state index contributed by atoms with van der Waals surface area (Å²) in [4.78, 5) is 62.2. The first kappa shape index (κ1) is 38.7. The third-order valence-electron chi connectivity index (χ3n) is 8.51. The lowest BCUT2D eigenvalue weighted by molar-refractivity contribution is -0.133. The van der Waals surface area contributed by atoms with Crippen LogP contribution in [-0.4, -0.2) is 84.6 Å². The summed E-state index contributed by atoms with van der Waals surface area (Å²) in [6.07, 6.45) is -0.704. The summed E-state index contributed by atoms with van der Waals surface area (Å²) >= 11 is 6.32. The second-order valence-electron chi connectivity index (χ2n) is 13.4. The van der Waals surface area contributed by atoms with Gasteiger partial charge >= 0.3 is 12.1 Å². The molecule has 1 aromatic heterocycles. The van der Waals surface area contributed by atoms with E-state index in [1.165, 1.54) is 54.1 Å². The van der Waals surface area contributed by atoms with E-state index in [1.54, 1.807) is 74.9 Å². The molecule has 2 heterocycles. The molecule has 2 unspecified atom stereocenters. The fourth-order valence-electron chi connectivity index (χ4n) is 5.96. The number of nitrogens with zero attached hydrogens (tertiary/aromatic N) is 5. The van der Waals surface area contributed by atoms with Gasteiger partial charge in [-0.05, 0) is 89.2 Å². The number of hydrogen-bond donors (Lipinski definition) is 2. The molecule has 3 aromatic carbocycles. The summed E-state index contributed by atoms with van der Waals surface area (Å²) in [6.45, 7) is 9.36. The number of methoxy groups -OCH3 is 2. The second kappa shape index (κ2) is 16.0. The first-order valence-electron chi connectivity index (χ1n) is 16.9. The molecule has 1 aliphatic heterocycles. The SMILES string of the molecule is COc1ccc(N(C(=O)Nc2ccc(F)cc2)C(C)c2nc3ccc(Cl)cc3c(=O)n2N2CCN(C(=O)C(C)NC(=O)OC(C)(C)C)CC2)c(OC)c1. The van der Waals surface area contributed by atoms with E-state index in [0.717, 1.165) is 0 Å². The predicted octanol–water partition coefficient (Wildman–Crippen LogP) is 5.70. The zero-order valence-corrected chi connectivity index (χ0v) is 31.4. The number of anilines is 2. The van der Waals surface area contributed by atoms with Gasteiger partial charge < -0.3 is 34.8 Å². The normalized spacial score (nSPS) is 14.3. The van der Waals surface area contributed by atoms with E-state index in [2.05, 4.69) is 10.6 Å². The number of benzene rings is 3. The highest BCUT2D eigenvalue weighted by Crippen LogP contribution is 2.37. The number of halogens is 2. The van der Waals surface area contributed by atoms with Gasteiger partial charge in [-0.25, -0.2) is 23.6 Å². The number of fused-ring (bicyclic) bond motifs is 1. The average Bonchev–Trinajstić information content (AvgIpc) is 3.11. The lowest BCUT2D eigenvalue weighted by Crippen LogP contribution is -2.59. The number of amides is 4. The van der Waals surface area contributed by atoms with Crippen LogP contribution in [0.4, 0.5) is 25.4 Å². The minimum atomic E-state index is -0.928. The number of aromatic nitrogens is 2. The van der Waals surface area contributed by atoms with Crippen LogP contribution in [0.2, 0.25) is 5.02 Å². The second-order valence-corrected chi connectivity index (χ2v) is 13.9. The molecular weight excluding hydrogens is 709 g/mol. The van der Waals surface area contributed by atoms with E-state index in [9.17, 15) is 23.6 Å². The quantitative estimate of drug-likeness (QED) is 0.220. The van der Waals surface area contributed by atoms with Crippen molar-refractivity contribution in [3.8, 4) is 11.5 Å². The Morgan fingerprint density at radius 3 is 2.25 bits per heavy atom. The first-order valence-corrected chi connectivity index (χ1v) is 17.3. The Morgan fingerprint density at radius 1 is 0.943 bits per heavy atom. The fraction of sp³-hybridized carbons (Fsp3) is 0.378. The highest BCUT2D eigenvalue weighted by Gasteiger charge is 2.34. The van der Waals surface area contributed by atoms with Gasteiger partial charge in [0.1, 0.15) is 29.0 Å². The molecule has 0 aliphatic carbocycles. The number of ether oxygens (including phenoxy) is 3. The summed E-state index contributed by atoms with van der Waals surface area (Å²) in [7, 11) is 2.96. The van der Waals surface area contributed by atoms with Gasteiger partial charge in [-0.15, -0.1) is 0 Å². The average molecular weight is 752 g/mol. The van der Waals surface area contributed by atoms with Crippen molar-refractivity contribution in [2.24, 2.45) is 0 Å². The van der Waals surface area contributed by atoms with Crippen molar-refractivity contribution in [1.29, 1.82) is 0 Å². The number of carbonyl (C=O) groups excluding carboxylic acids is 3. The van der Waals surface area contributed by atoms with Crippen LogP contribution in [0.25, 0.3) is 10.9 Å². The van der Waals surface area contributed by atoms with Crippen LogP contribution in [0.15, 0.2) is 65.5 Å². The molecule has 2 atom stereocenters. The highest BCUT2D eigenvalue weighted by molar-refractivity contribution is 6.31. The molecule has 0 bridgehead atoms. The molecule has 0 saturated carbocycles. The number of nitrogens with one attached hydrogen (secondary N) is 2. The molecule has 16 heteroatoms. The van der Waals surface area contributed by atoms with E-state index in [4.69, 9.17) is 30.8 Å². The number of carbonyl (C=O) groups is 3. The van der Waals surface area contributed by atoms with Gasteiger partial charge in [-0.1, -0.05) is 11.6 Å². The molecule has 4 amide bonds. The minimum absolute atomic E-state index is 0.205. The van der Waals surface area contributed by atoms with Gasteiger partial charge in [0, 0.05) is 29.9 Å². The van der Waals surface area contributed by atoms with E-state index < -0.39 is 41.2 Å². The van der Waals surface area contributed by atoms with Gasteiger partial charge in [0.25, 0.3) is 5.56 Å². The third kappa shape index (κ3) is 8.91. The summed E-state index contributed by atoms with van der Waals surface area (Å²) in [5.41, 5.74) is -0.141. The Balaban J connectivity index is 1.53. The maximum absolute atomic E-state index is 14.4. The Labute approximate surface area is 311 Å². The van der Waals surface area contributed by atoms with Crippen LogP contribution in [0.1, 0.15) is 46.5 Å². The first-order chi connectivity index (χ1) is 25.1. The molecule has 14 nitrogen and oxygen atoms in total. The van der Waals surface area contributed by atoms with E-state index in [0.29, 0.717) is 33.4 Å². The van der Waals surface area contributed by atoms with Crippen molar-refractivity contribution in [3.05, 3.63) is 87.7 Å². The molecule has 1 saturated heterocycles. The van der Waals surface area contributed by atoms with Crippen molar-refractivity contribution in [3.63, 3.8) is 0 Å². The summed E-state index contributed by atoms with van der Waals surface area (Å²) < 4.78 is 31.5. The summed E-state index contributed by atoms with van der Waals surface area (Å²) in [5.74, 6) is 0.211. The molecule has 2 N–H and O–H groups in total. The number of urea groups is 1. The molecule has 0 spiro atoms. The minimum Gasteiger partial charge on any atom is -0.497 e. The zero-order valence-electron chi connectivity index (χ0n) is 30.6. The Bertz CT molecular complexity index is 2050. The van der Waals surface area contributed by atoms with Gasteiger partial charge in [-0.2, -0.15) is 0 Å². The molecule has 4 aromatic rings. The van der Waals surface area contributed by atoms with Gasteiger partial charge in [0.05, 0.1) is 49.9 Å². The fourth-order valence-corrected chi connectivity index (χ4v) is 6.13. The molecule has 1 fully saturated rings. The number of hydrogen-bond acceptors (Lipinski definition) is 9. The lowest BCUT2D eigenvalue weighted by Gasteiger charge is -2.40. The summed E-state index contributed by atoms with van der Waals surface area (Å²) in [5, 5.41) is 7.76. The topological polar surface area (TPSA) is 148 Å². The van der Waals surface area contributed by atoms with E-state index in [1.807, 2.05) is 0 Å². The molecule has 0 radical (unpaired) electrons. The number of rotatable bonds is 9. The van der Waals surface area contributed by atoms with E-state index >= 15 is 0 Å². The van der Waals surface area contributed by atoms with Crippen LogP contribution < -0.4 is 35.6 Å². The standard InChI is InChI=1S/C37H43ClFN7O7/c1-22(40-36(50)53-37(3,4)5)33(47)43-16-18-44(19-17-43)46-32(42-29-14-8-24(38)20-28(29)34(46)48)23(2)45(30-15-13-27(51-6)21-31(30)52-7)35(49)41-26-11-9-25(39)10-12-26/h8-15,20-23H,16-19H2,1-7H3,(H,40,50)(H,41,49).